The quantitative estimate of drug-likeness (QED) is 0.648. The first kappa shape index (κ1) is 22.5. The fraction of sp³-hybridized carbons (Fsp3) is 0.476. The first-order valence-electron chi connectivity index (χ1n) is 10.4. The molecule has 0 aliphatic carbocycles. The van der Waals surface area contributed by atoms with E-state index >= 15 is 0 Å². The summed E-state index contributed by atoms with van der Waals surface area (Å²) in [6, 6.07) is 9.83. The number of hydrogen-bond acceptors (Lipinski definition) is 5. The van der Waals surface area contributed by atoms with E-state index in [9.17, 15) is 17.6 Å². The number of halogens is 2. The van der Waals surface area contributed by atoms with Crippen LogP contribution in [0.25, 0.3) is 0 Å². The molecule has 2 saturated heterocycles. The molecule has 168 valence electrons. The lowest BCUT2D eigenvalue weighted by molar-refractivity contribution is -0.132. The van der Waals surface area contributed by atoms with Gasteiger partial charge in [-0.25, -0.2) is 12.8 Å². The summed E-state index contributed by atoms with van der Waals surface area (Å²) < 4.78 is 41.6. The van der Waals surface area contributed by atoms with Gasteiger partial charge in [0, 0.05) is 45.7 Å². The van der Waals surface area contributed by atoms with E-state index in [-0.39, 0.29) is 21.9 Å². The standard InChI is InChI=1S/C21H25ClFN3O3S2/c22-19-5-6-21(30-19)31(28,29)26-9-7-16(8-10-26)15-20(27)25-13-11-24(12-14-25)18-4-2-1-3-17(18)23/h1-6,16H,7-15H2. The van der Waals surface area contributed by atoms with Gasteiger partial charge in [0.05, 0.1) is 10.0 Å². The summed E-state index contributed by atoms with van der Waals surface area (Å²) in [5.74, 6) is 0.0313. The van der Waals surface area contributed by atoms with Crippen LogP contribution in [0.4, 0.5) is 10.1 Å². The van der Waals surface area contributed by atoms with Crippen molar-refractivity contribution in [2.75, 3.05) is 44.2 Å². The van der Waals surface area contributed by atoms with Crippen molar-refractivity contribution >= 4 is 44.6 Å². The maximum atomic E-state index is 14.0. The van der Waals surface area contributed by atoms with Crippen molar-refractivity contribution in [3.63, 3.8) is 0 Å². The second kappa shape index (κ2) is 9.44. The van der Waals surface area contributed by atoms with Gasteiger partial charge in [-0.15, -0.1) is 11.3 Å². The highest BCUT2D eigenvalue weighted by Gasteiger charge is 2.32. The van der Waals surface area contributed by atoms with Gasteiger partial charge < -0.3 is 9.80 Å². The Morgan fingerprint density at radius 1 is 1.03 bits per heavy atom. The van der Waals surface area contributed by atoms with Gasteiger partial charge >= 0.3 is 0 Å². The van der Waals surface area contributed by atoms with Crippen molar-refractivity contribution in [1.29, 1.82) is 0 Å². The molecule has 0 spiro atoms. The van der Waals surface area contributed by atoms with E-state index in [0.29, 0.717) is 68.6 Å². The molecule has 1 aromatic heterocycles. The van der Waals surface area contributed by atoms with Gasteiger partial charge in [-0.05, 0) is 43.0 Å². The number of sulfonamides is 1. The van der Waals surface area contributed by atoms with Crippen LogP contribution in [0.5, 0.6) is 0 Å². The van der Waals surface area contributed by atoms with Crippen molar-refractivity contribution in [3.8, 4) is 0 Å². The number of piperidine rings is 1. The Bertz CT molecular complexity index is 1030. The largest absolute Gasteiger partial charge is 0.366 e. The minimum atomic E-state index is -3.51. The summed E-state index contributed by atoms with van der Waals surface area (Å²) in [6.45, 7) is 3.17. The Morgan fingerprint density at radius 2 is 1.71 bits per heavy atom. The van der Waals surface area contributed by atoms with E-state index in [1.165, 1.54) is 10.4 Å². The first-order chi connectivity index (χ1) is 14.8. The maximum absolute atomic E-state index is 14.0. The molecule has 6 nitrogen and oxygen atoms in total. The molecule has 0 atom stereocenters. The Kier molecular flexibility index (Phi) is 6.86. The number of anilines is 1. The molecule has 1 aromatic carbocycles. The summed E-state index contributed by atoms with van der Waals surface area (Å²) >= 11 is 6.95. The van der Waals surface area contributed by atoms with Crippen LogP contribution in [0.2, 0.25) is 4.34 Å². The Labute approximate surface area is 191 Å². The summed E-state index contributed by atoms with van der Waals surface area (Å²) in [5, 5.41) is 0. The molecule has 2 aliphatic rings. The molecule has 0 N–H and O–H groups in total. The SMILES string of the molecule is O=C(CC1CCN(S(=O)(=O)c2ccc(Cl)s2)CC1)N1CCN(c2ccccc2F)CC1. The van der Waals surface area contributed by atoms with Crippen LogP contribution in [0.3, 0.4) is 0 Å². The smallest absolute Gasteiger partial charge is 0.252 e. The molecule has 0 bridgehead atoms. The van der Waals surface area contributed by atoms with Crippen LogP contribution >= 0.6 is 22.9 Å². The second-order valence-electron chi connectivity index (χ2n) is 7.93. The average molecular weight is 486 g/mol. The zero-order chi connectivity index (χ0) is 22.0. The minimum Gasteiger partial charge on any atom is -0.366 e. The minimum absolute atomic E-state index is 0.0968. The number of piperazine rings is 1. The first-order valence-corrected chi connectivity index (χ1v) is 13.0. The molecule has 2 aromatic rings. The lowest BCUT2D eigenvalue weighted by atomic mass is 9.94. The summed E-state index contributed by atoms with van der Waals surface area (Å²) in [6.07, 6.45) is 1.76. The lowest BCUT2D eigenvalue weighted by Crippen LogP contribution is -2.49. The average Bonchev–Trinajstić information content (AvgIpc) is 3.22. The number of benzene rings is 1. The van der Waals surface area contributed by atoms with E-state index in [1.807, 2.05) is 15.9 Å². The normalized spacial score (nSPS) is 19.0. The summed E-state index contributed by atoms with van der Waals surface area (Å²) in [5.41, 5.74) is 0.579. The predicted octanol–water partition coefficient (Wildman–Crippen LogP) is 3.68. The van der Waals surface area contributed by atoms with Gasteiger partial charge in [0.25, 0.3) is 10.0 Å². The number of thiophene rings is 1. The molecular weight excluding hydrogens is 461 g/mol. The lowest BCUT2D eigenvalue weighted by Gasteiger charge is -2.37. The van der Waals surface area contributed by atoms with Crippen molar-refractivity contribution < 1.29 is 17.6 Å². The van der Waals surface area contributed by atoms with E-state index in [4.69, 9.17) is 11.6 Å². The van der Waals surface area contributed by atoms with Crippen LogP contribution in [-0.4, -0.2) is 62.8 Å². The van der Waals surface area contributed by atoms with E-state index < -0.39 is 10.0 Å². The molecule has 3 heterocycles. The number of amides is 1. The summed E-state index contributed by atoms with van der Waals surface area (Å²) in [7, 11) is -3.51. The maximum Gasteiger partial charge on any atom is 0.252 e. The van der Waals surface area contributed by atoms with Crippen LogP contribution in [-0.2, 0) is 14.8 Å². The predicted molar refractivity (Wildman–Crippen MR) is 121 cm³/mol. The van der Waals surface area contributed by atoms with E-state index in [0.717, 1.165) is 11.3 Å². The molecule has 0 unspecified atom stereocenters. The number of carbonyl (C=O) groups excluding carboxylic acids is 1. The van der Waals surface area contributed by atoms with Crippen molar-refractivity contribution in [2.45, 2.75) is 23.5 Å². The molecule has 4 rings (SSSR count). The Balaban J connectivity index is 1.26. The number of rotatable bonds is 5. The number of para-hydroxylation sites is 1. The van der Waals surface area contributed by atoms with Crippen molar-refractivity contribution in [3.05, 3.63) is 46.6 Å². The van der Waals surface area contributed by atoms with Gasteiger partial charge in [0.1, 0.15) is 10.0 Å². The number of carbonyl (C=O) groups is 1. The molecule has 2 aliphatic heterocycles. The summed E-state index contributed by atoms with van der Waals surface area (Å²) in [4.78, 5) is 16.6. The molecule has 31 heavy (non-hydrogen) atoms. The van der Waals surface area contributed by atoms with Crippen LogP contribution in [0.1, 0.15) is 19.3 Å². The van der Waals surface area contributed by atoms with Gasteiger partial charge in [-0.3, -0.25) is 4.79 Å². The second-order valence-corrected chi connectivity index (χ2v) is 11.8. The molecule has 0 saturated carbocycles. The van der Waals surface area contributed by atoms with Crippen LogP contribution < -0.4 is 4.90 Å². The monoisotopic (exact) mass is 485 g/mol. The van der Waals surface area contributed by atoms with Crippen LogP contribution in [0.15, 0.2) is 40.6 Å². The zero-order valence-electron chi connectivity index (χ0n) is 17.0. The highest BCUT2D eigenvalue weighted by molar-refractivity contribution is 7.91. The van der Waals surface area contributed by atoms with Gasteiger partial charge in [-0.1, -0.05) is 23.7 Å². The van der Waals surface area contributed by atoms with E-state index in [2.05, 4.69) is 0 Å². The highest BCUT2D eigenvalue weighted by Crippen LogP contribution is 2.31. The fourth-order valence-corrected chi connectivity index (χ4v) is 7.31. The number of nitrogens with zero attached hydrogens (tertiary/aromatic N) is 3. The van der Waals surface area contributed by atoms with E-state index in [1.54, 1.807) is 24.3 Å². The third kappa shape index (κ3) is 5.05. The van der Waals surface area contributed by atoms with Gasteiger partial charge in [-0.2, -0.15) is 4.31 Å². The van der Waals surface area contributed by atoms with Crippen molar-refractivity contribution in [2.24, 2.45) is 5.92 Å². The van der Waals surface area contributed by atoms with Crippen molar-refractivity contribution in [1.82, 2.24) is 9.21 Å². The van der Waals surface area contributed by atoms with Crippen LogP contribution in [0, 0.1) is 11.7 Å². The molecular formula is C21H25ClFN3O3S2. The molecule has 2 fully saturated rings. The third-order valence-corrected chi connectivity index (χ3v) is 9.60. The molecule has 0 radical (unpaired) electrons. The third-order valence-electron chi connectivity index (χ3n) is 6.01. The highest BCUT2D eigenvalue weighted by atomic mass is 35.5. The number of hydrogen-bond donors (Lipinski definition) is 0. The molecule has 1 amide bonds. The van der Waals surface area contributed by atoms with Gasteiger partial charge in [0.15, 0.2) is 0 Å². The topological polar surface area (TPSA) is 60.9 Å². The Morgan fingerprint density at radius 3 is 2.32 bits per heavy atom. The fourth-order valence-electron chi connectivity index (χ4n) is 4.20. The Hall–Kier alpha value is -1.68. The van der Waals surface area contributed by atoms with Gasteiger partial charge in [0.2, 0.25) is 5.91 Å². The zero-order valence-corrected chi connectivity index (χ0v) is 19.4. The molecule has 10 heteroatoms.